The molecule has 0 saturated heterocycles. The van der Waals surface area contributed by atoms with Crippen molar-refractivity contribution in [3.63, 3.8) is 0 Å². The average molecular weight is 279 g/mol. The van der Waals surface area contributed by atoms with Gasteiger partial charge in [0.05, 0.1) is 19.8 Å². The first-order valence-corrected chi connectivity index (χ1v) is 7.37. The minimum absolute atomic E-state index is 0.361. The summed E-state index contributed by atoms with van der Waals surface area (Å²) in [5.74, 6) is 1.05. The van der Waals surface area contributed by atoms with E-state index < -0.39 is 0 Å². The molecule has 1 aliphatic heterocycles. The lowest BCUT2D eigenvalue weighted by molar-refractivity contribution is 0.0693. The highest BCUT2D eigenvalue weighted by molar-refractivity contribution is 5.40. The Morgan fingerprint density at radius 3 is 3.05 bits per heavy atom. The van der Waals surface area contributed by atoms with Crippen LogP contribution in [-0.2, 0) is 15.9 Å². The van der Waals surface area contributed by atoms with E-state index in [2.05, 4.69) is 30.4 Å². The third-order valence-corrected chi connectivity index (χ3v) is 3.56. The second kappa shape index (κ2) is 8.25. The molecular formula is C16H25NO3. The molecule has 0 amide bonds. The Kier molecular flexibility index (Phi) is 6.30. The first kappa shape index (κ1) is 15.3. The van der Waals surface area contributed by atoms with Crippen LogP contribution in [0.2, 0.25) is 0 Å². The highest BCUT2D eigenvalue weighted by atomic mass is 16.5. The van der Waals surface area contributed by atoms with E-state index in [1.165, 1.54) is 11.1 Å². The fourth-order valence-electron chi connectivity index (χ4n) is 2.33. The number of ether oxygens (including phenoxy) is 3. The van der Waals surface area contributed by atoms with Gasteiger partial charge in [-0.25, -0.2) is 0 Å². The molecular weight excluding hydrogens is 254 g/mol. The summed E-state index contributed by atoms with van der Waals surface area (Å²) < 4.78 is 15.9. The monoisotopic (exact) mass is 279 g/mol. The predicted octanol–water partition coefficient (Wildman–Crippen LogP) is 2.33. The Morgan fingerprint density at radius 1 is 1.30 bits per heavy atom. The molecule has 0 fully saturated rings. The number of methoxy groups -OCH3 is 1. The second-order valence-electron chi connectivity index (χ2n) is 5.10. The van der Waals surface area contributed by atoms with E-state index in [1.807, 2.05) is 0 Å². The summed E-state index contributed by atoms with van der Waals surface area (Å²) >= 11 is 0. The molecule has 20 heavy (non-hydrogen) atoms. The van der Waals surface area contributed by atoms with Gasteiger partial charge in [-0.15, -0.1) is 0 Å². The maximum absolute atomic E-state index is 5.53. The number of benzene rings is 1. The standard InChI is InChI=1S/C16H25NO3/c1-13(17-7-3-8-19-11-10-18-2)14-4-5-16-15(12-14)6-9-20-16/h4-5,12-13,17H,3,6-11H2,1-2H3. The molecule has 1 heterocycles. The Morgan fingerprint density at radius 2 is 2.20 bits per heavy atom. The zero-order valence-corrected chi connectivity index (χ0v) is 12.5. The lowest BCUT2D eigenvalue weighted by atomic mass is 10.0. The highest BCUT2D eigenvalue weighted by Crippen LogP contribution is 2.27. The molecule has 0 saturated carbocycles. The average Bonchev–Trinajstić information content (AvgIpc) is 2.93. The first-order chi connectivity index (χ1) is 9.81. The molecule has 1 unspecified atom stereocenters. The molecule has 0 radical (unpaired) electrons. The van der Waals surface area contributed by atoms with E-state index in [4.69, 9.17) is 14.2 Å². The molecule has 1 aliphatic rings. The van der Waals surface area contributed by atoms with Gasteiger partial charge in [-0.2, -0.15) is 0 Å². The number of hydrogen-bond acceptors (Lipinski definition) is 4. The van der Waals surface area contributed by atoms with E-state index in [0.29, 0.717) is 19.3 Å². The molecule has 1 aromatic rings. The van der Waals surface area contributed by atoms with Crippen molar-refractivity contribution in [2.45, 2.75) is 25.8 Å². The van der Waals surface area contributed by atoms with Crippen LogP contribution in [0.4, 0.5) is 0 Å². The molecule has 1 atom stereocenters. The quantitative estimate of drug-likeness (QED) is 0.704. The third kappa shape index (κ3) is 4.47. The van der Waals surface area contributed by atoms with E-state index in [9.17, 15) is 0 Å². The van der Waals surface area contributed by atoms with E-state index >= 15 is 0 Å². The minimum atomic E-state index is 0.361. The predicted molar refractivity (Wildman–Crippen MR) is 79.4 cm³/mol. The fraction of sp³-hybridized carbons (Fsp3) is 0.625. The van der Waals surface area contributed by atoms with Gasteiger partial charge in [0, 0.05) is 26.2 Å². The molecule has 0 bridgehead atoms. The van der Waals surface area contributed by atoms with E-state index in [-0.39, 0.29) is 0 Å². The maximum Gasteiger partial charge on any atom is 0.122 e. The molecule has 4 heteroatoms. The summed E-state index contributed by atoms with van der Waals surface area (Å²) in [6.07, 6.45) is 2.05. The van der Waals surface area contributed by atoms with Crippen LogP contribution in [-0.4, -0.2) is 40.1 Å². The van der Waals surface area contributed by atoms with Crippen LogP contribution < -0.4 is 10.1 Å². The van der Waals surface area contributed by atoms with Gasteiger partial charge in [0.25, 0.3) is 0 Å². The molecule has 2 rings (SSSR count). The lowest BCUT2D eigenvalue weighted by Crippen LogP contribution is -2.21. The van der Waals surface area contributed by atoms with Crippen LogP contribution in [0.5, 0.6) is 5.75 Å². The molecule has 112 valence electrons. The van der Waals surface area contributed by atoms with E-state index in [1.54, 1.807) is 7.11 Å². The van der Waals surface area contributed by atoms with Crippen molar-refractivity contribution in [2.75, 3.05) is 40.1 Å². The number of nitrogens with one attached hydrogen (secondary N) is 1. The van der Waals surface area contributed by atoms with Crippen molar-refractivity contribution in [2.24, 2.45) is 0 Å². The summed E-state index contributed by atoms with van der Waals surface area (Å²) in [6, 6.07) is 6.86. The highest BCUT2D eigenvalue weighted by Gasteiger charge is 2.14. The van der Waals surface area contributed by atoms with Crippen molar-refractivity contribution < 1.29 is 14.2 Å². The number of fused-ring (bicyclic) bond motifs is 1. The smallest absolute Gasteiger partial charge is 0.122 e. The topological polar surface area (TPSA) is 39.7 Å². The maximum atomic E-state index is 5.53. The normalized spacial score (nSPS) is 14.9. The minimum Gasteiger partial charge on any atom is -0.493 e. The first-order valence-electron chi connectivity index (χ1n) is 7.37. The van der Waals surface area contributed by atoms with Gasteiger partial charge in [0.15, 0.2) is 0 Å². The molecule has 0 aromatic heterocycles. The molecule has 0 aliphatic carbocycles. The van der Waals surface area contributed by atoms with Crippen LogP contribution in [0.1, 0.15) is 30.5 Å². The van der Waals surface area contributed by atoms with Crippen LogP contribution in [0.25, 0.3) is 0 Å². The summed E-state index contributed by atoms with van der Waals surface area (Å²) in [7, 11) is 1.69. The summed E-state index contributed by atoms with van der Waals surface area (Å²) in [4.78, 5) is 0. The van der Waals surface area contributed by atoms with Crippen LogP contribution in [0, 0.1) is 0 Å². The number of rotatable bonds is 9. The molecule has 1 N–H and O–H groups in total. The van der Waals surface area contributed by atoms with Crippen molar-refractivity contribution >= 4 is 0 Å². The zero-order chi connectivity index (χ0) is 14.2. The second-order valence-corrected chi connectivity index (χ2v) is 5.10. The fourth-order valence-corrected chi connectivity index (χ4v) is 2.33. The van der Waals surface area contributed by atoms with E-state index in [0.717, 1.165) is 38.3 Å². The van der Waals surface area contributed by atoms with Gasteiger partial charge >= 0.3 is 0 Å². The van der Waals surface area contributed by atoms with Gasteiger partial charge in [0.2, 0.25) is 0 Å². The van der Waals surface area contributed by atoms with Crippen LogP contribution in [0.3, 0.4) is 0 Å². The van der Waals surface area contributed by atoms with Gasteiger partial charge in [-0.3, -0.25) is 0 Å². The SMILES string of the molecule is COCCOCCCNC(C)c1ccc2c(c1)CCO2. The number of hydrogen-bond donors (Lipinski definition) is 1. The summed E-state index contributed by atoms with van der Waals surface area (Å²) in [6.45, 7) is 6.10. The Balaban J connectivity index is 1.66. The van der Waals surface area contributed by atoms with Crippen molar-refractivity contribution in [3.05, 3.63) is 29.3 Å². The largest absolute Gasteiger partial charge is 0.493 e. The van der Waals surface area contributed by atoms with Gasteiger partial charge in [-0.05, 0) is 37.1 Å². The van der Waals surface area contributed by atoms with Crippen molar-refractivity contribution in [3.8, 4) is 5.75 Å². The lowest BCUT2D eigenvalue weighted by Gasteiger charge is -2.15. The zero-order valence-electron chi connectivity index (χ0n) is 12.5. The molecule has 0 spiro atoms. The van der Waals surface area contributed by atoms with Crippen molar-refractivity contribution in [1.82, 2.24) is 5.32 Å². The summed E-state index contributed by atoms with van der Waals surface area (Å²) in [5, 5.41) is 3.53. The van der Waals surface area contributed by atoms with Gasteiger partial charge in [0.1, 0.15) is 5.75 Å². The Bertz CT molecular complexity index is 409. The van der Waals surface area contributed by atoms with Crippen LogP contribution in [0.15, 0.2) is 18.2 Å². The third-order valence-electron chi connectivity index (χ3n) is 3.56. The Hall–Kier alpha value is -1.10. The summed E-state index contributed by atoms with van der Waals surface area (Å²) in [5.41, 5.74) is 2.66. The Labute approximate surface area is 121 Å². The van der Waals surface area contributed by atoms with Crippen molar-refractivity contribution in [1.29, 1.82) is 0 Å². The van der Waals surface area contributed by atoms with Gasteiger partial charge in [-0.1, -0.05) is 12.1 Å². The van der Waals surface area contributed by atoms with Crippen LogP contribution >= 0.6 is 0 Å². The molecule has 1 aromatic carbocycles. The van der Waals surface area contributed by atoms with Gasteiger partial charge < -0.3 is 19.5 Å². The molecule has 4 nitrogen and oxygen atoms in total.